The molecule has 2 saturated heterocycles. The molecule has 0 saturated carbocycles. The minimum Gasteiger partial charge on any atom is -0.394 e. The van der Waals surface area contributed by atoms with Crippen molar-refractivity contribution in [2.45, 2.75) is 30.0 Å². The van der Waals surface area contributed by atoms with Crippen molar-refractivity contribution in [2.24, 2.45) is 0 Å². The summed E-state index contributed by atoms with van der Waals surface area (Å²) in [5.74, 6) is 0.615. The number of fused-ring (bicyclic) bond motifs is 3. The van der Waals surface area contributed by atoms with Gasteiger partial charge in [-0.3, -0.25) is 4.57 Å². The van der Waals surface area contributed by atoms with Crippen LogP contribution in [0.15, 0.2) is 36.7 Å². The van der Waals surface area contributed by atoms with Gasteiger partial charge in [-0.25, -0.2) is 4.98 Å². The third-order valence-electron chi connectivity index (χ3n) is 6.49. The highest BCUT2D eigenvalue weighted by Crippen LogP contribution is 2.45. The monoisotopic (exact) mass is 441 g/mol. The van der Waals surface area contributed by atoms with Crippen molar-refractivity contribution in [3.8, 4) is 0 Å². The molecule has 0 unspecified atom stereocenters. The van der Waals surface area contributed by atoms with Gasteiger partial charge >= 0.3 is 0 Å². The number of ether oxygens (including phenoxy) is 1. The molecule has 1 spiro atoms. The zero-order chi connectivity index (χ0) is 21.3. The van der Waals surface area contributed by atoms with Crippen molar-refractivity contribution in [3.05, 3.63) is 53.1 Å². The smallest absolute Gasteiger partial charge is 0.226 e. The van der Waals surface area contributed by atoms with Gasteiger partial charge in [0.05, 0.1) is 12.9 Å². The molecule has 2 aliphatic heterocycles. The van der Waals surface area contributed by atoms with E-state index in [2.05, 4.69) is 50.2 Å². The lowest BCUT2D eigenvalue weighted by molar-refractivity contribution is -0.0511. The molecule has 0 bridgehead atoms. The summed E-state index contributed by atoms with van der Waals surface area (Å²) < 4.78 is 7.15. The van der Waals surface area contributed by atoms with Crippen LogP contribution < -0.4 is 4.90 Å². The van der Waals surface area contributed by atoms with Gasteiger partial charge in [0.15, 0.2) is 23.2 Å². The first-order valence-electron chi connectivity index (χ1n) is 10.1. The van der Waals surface area contributed by atoms with E-state index < -0.39 is 31.1 Å². The van der Waals surface area contributed by atoms with Gasteiger partial charge in [0.2, 0.25) is 5.28 Å². The average molecular weight is 442 g/mol. The summed E-state index contributed by atoms with van der Waals surface area (Å²) in [6, 6.07) is 8.37. The number of anilines is 1. The third kappa shape index (κ3) is 2.68. The van der Waals surface area contributed by atoms with Crippen molar-refractivity contribution in [3.63, 3.8) is 0 Å². The van der Waals surface area contributed by atoms with Gasteiger partial charge in [-0.1, -0.05) is 36.4 Å². The molecule has 3 aromatic rings. The van der Waals surface area contributed by atoms with Crippen LogP contribution in [0.2, 0.25) is 5.28 Å². The van der Waals surface area contributed by atoms with Crippen LogP contribution in [-0.4, -0.2) is 72.8 Å². The average Bonchev–Trinajstić information content (AvgIpc) is 3.41. The van der Waals surface area contributed by atoms with Gasteiger partial charge in [-0.15, -0.1) is 0 Å². The fraction of sp³-hybridized carbons (Fsp3) is 0.381. The molecule has 2 fully saturated rings. The van der Waals surface area contributed by atoms with Crippen LogP contribution >= 0.6 is 11.6 Å². The van der Waals surface area contributed by atoms with Crippen LogP contribution in [0.1, 0.15) is 17.4 Å². The van der Waals surface area contributed by atoms with Crippen LogP contribution in [0, 0.1) is 0 Å². The number of benzene rings is 1. The summed E-state index contributed by atoms with van der Waals surface area (Å²) in [6.07, 6.45) is 1.60. The highest BCUT2D eigenvalue weighted by molar-refractivity contribution is 6.28. The Balaban J connectivity index is 1.35. The van der Waals surface area contributed by atoms with E-state index in [1.165, 1.54) is 22.0 Å². The quantitative estimate of drug-likeness (QED) is 0.513. The molecule has 0 amide bonds. The van der Waals surface area contributed by atoms with Gasteiger partial charge in [-0.2, -0.15) is 9.97 Å². The Bertz CT molecular complexity index is 1210. The summed E-state index contributed by atoms with van der Waals surface area (Å²) in [5, 5.41) is 29.9. The summed E-state index contributed by atoms with van der Waals surface area (Å²) in [4.78, 5) is 15.3. The summed E-state index contributed by atoms with van der Waals surface area (Å²) in [7, 11) is 0. The van der Waals surface area contributed by atoms with Gasteiger partial charge < -0.3 is 25.0 Å². The SMILES string of the molecule is OC[C@H]1O[C@@H](n2cnc3c(N4CC5(C=Cc6ccccc65)C4)nc(Cl)nc32)[C@H](O)[C@@H]1O. The van der Waals surface area contributed by atoms with E-state index in [1.54, 1.807) is 0 Å². The predicted molar refractivity (Wildman–Crippen MR) is 113 cm³/mol. The molecular weight excluding hydrogens is 422 g/mol. The van der Waals surface area contributed by atoms with Gasteiger partial charge in [0.1, 0.15) is 18.3 Å². The number of hydrogen-bond donors (Lipinski definition) is 3. The zero-order valence-corrected chi connectivity index (χ0v) is 17.1. The van der Waals surface area contributed by atoms with E-state index in [4.69, 9.17) is 16.3 Å². The summed E-state index contributed by atoms with van der Waals surface area (Å²) >= 11 is 6.24. The minimum atomic E-state index is -1.24. The normalized spacial score (nSPS) is 28.5. The molecular formula is C21H20ClN5O4. The maximum atomic E-state index is 10.4. The van der Waals surface area contributed by atoms with Gasteiger partial charge in [0.25, 0.3) is 0 Å². The van der Waals surface area contributed by atoms with Crippen LogP contribution in [-0.2, 0) is 10.2 Å². The Hall–Kier alpha value is -2.56. The largest absolute Gasteiger partial charge is 0.394 e. The molecule has 1 aromatic carbocycles. The number of halogens is 1. The number of hydrogen-bond acceptors (Lipinski definition) is 8. The lowest BCUT2D eigenvalue weighted by Crippen LogP contribution is -2.58. The molecule has 3 aliphatic rings. The molecule has 1 aliphatic carbocycles. The van der Waals surface area contributed by atoms with E-state index >= 15 is 0 Å². The van der Waals surface area contributed by atoms with Crippen molar-refractivity contribution in [1.29, 1.82) is 0 Å². The molecule has 0 radical (unpaired) electrons. The molecule has 160 valence electrons. The molecule has 4 atom stereocenters. The van der Waals surface area contributed by atoms with E-state index in [1.807, 2.05) is 6.07 Å². The Kier molecular flexibility index (Phi) is 4.15. The Morgan fingerprint density at radius 2 is 1.97 bits per heavy atom. The second-order valence-electron chi connectivity index (χ2n) is 8.30. The van der Waals surface area contributed by atoms with E-state index in [0.29, 0.717) is 17.0 Å². The fourth-order valence-corrected chi connectivity index (χ4v) is 5.05. The summed E-state index contributed by atoms with van der Waals surface area (Å²) in [6.45, 7) is 1.07. The highest BCUT2D eigenvalue weighted by atomic mass is 35.5. The first-order chi connectivity index (χ1) is 15.0. The van der Waals surface area contributed by atoms with Crippen LogP contribution in [0.3, 0.4) is 0 Å². The lowest BCUT2D eigenvalue weighted by atomic mass is 9.75. The molecule has 2 aromatic heterocycles. The van der Waals surface area contributed by atoms with Gasteiger partial charge in [-0.05, 0) is 22.7 Å². The van der Waals surface area contributed by atoms with Crippen molar-refractivity contribution < 1.29 is 20.1 Å². The molecule has 3 N–H and O–H groups in total. The Labute approximate surface area is 182 Å². The number of aromatic nitrogens is 4. The number of aliphatic hydroxyl groups is 3. The molecule has 4 heterocycles. The predicted octanol–water partition coefficient (Wildman–Crippen LogP) is 0.876. The van der Waals surface area contributed by atoms with E-state index in [-0.39, 0.29) is 10.7 Å². The fourth-order valence-electron chi connectivity index (χ4n) is 4.89. The maximum Gasteiger partial charge on any atom is 0.226 e. The highest BCUT2D eigenvalue weighted by Gasteiger charge is 2.47. The van der Waals surface area contributed by atoms with Gasteiger partial charge in [0, 0.05) is 18.5 Å². The van der Waals surface area contributed by atoms with Crippen molar-refractivity contribution >= 4 is 34.7 Å². The molecule has 9 nitrogen and oxygen atoms in total. The number of aliphatic hydroxyl groups excluding tert-OH is 3. The molecule has 31 heavy (non-hydrogen) atoms. The third-order valence-corrected chi connectivity index (χ3v) is 6.66. The Morgan fingerprint density at radius 1 is 1.16 bits per heavy atom. The topological polar surface area (TPSA) is 117 Å². The maximum absolute atomic E-state index is 10.4. The Morgan fingerprint density at radius 3 is 2.74 bits per heavy atom. The molecule has 6 rings (SSSR count). The number of rotatable bonds is 3. The number of nitrogens with zero attached hydrogens (tertiary/aromatic N) is 5. The van der Waals surface area contributed by atoms with E-state index in [9.17, 15) is 15.3 Å². The molecule has 10 heteroatoms. The number of imidazole rings is 1. The van der Waals surface area contributed by atoms with Crippen LogP contribution in [0.4, 0.5) is 5.82 Å². The van der Waals surface area contributed by atoms with Crippen LogP contribution in [0.25, 0.3) is 17.2 Å². The van der Waals surface area contributed by atoms with Crippen molar-refractivity contribution in [1.82, 2.24) is 19.5 Å². The van der Waals surface area contributed by atoms with E-state index in [0.717, 1.165) is 13.1 Å². The minimum absolute atomic E-state index is 0.0495. The van der Waals surface area contributed by atoms with Crippen molar-refractivity contribution in [2.75, 3.05) is 24.6 Å². The lowest BCUT2D eigenvalue weighted by Gasteiger charge is -2.48. The van der Waals surface area contributed by atoms with Crippen LogP contribution in [0.5, 0.6) is 0 Å². The first-order valence-corrected chi connectivity index (χ1v) is 10.4. The standard InChI is InChI=1S/C21H20ClN5O4/c22-20-24-17(26-8-21(9-26)6-5-11-3-1-2-4-12(11)21)14-18(25-20)27(10-23-14)19-16(30)15(29)13(7-28)31-19/h1-6,10,13,15-16,19,28-30H,7-9H2/t13-,15-,16-,19-/m1/s1. The first kappa shape index (κ1) is 19.1. The zero-order valence-electron chi connectivity index (χ0n) is 16.3. The second-order valence-corrected chi connectivity index (χ2v) is 8.64. The second kappa shape index (κ2) is 6.72. The summed E-state index contributed by atoms with van der Waals surface area (Å²) in [5.41, 5.74) is 3.42.